The Balaban J connectivity index is 0.00000676. The van der Waals surface area contributed by atoms with Gasteiger partial charge in [0.1, 0.15) is 6.54 Å². The van der Waals surface area contributed by atoms with Gasteiger partial charge in [0.25, 0.3) is 0 Å². The molecule has 0 aliphatic heterocycles. The van der Waals surface area contributed by atoms with E-state index >= 15 is 0 Å². The van der Waals surface area contributed by atoms with Crippen molar-refractivity contribution in [2.75, 3.05) is 0 Å². The molecule has 0 atom stereocenters. The molecule has 0 spiro atoms. The number of nitrogens with zero attached hydrogens (tertiary/aromatic N) is 2. The third kappa shape index (κ3) is 13.8. The van der Waals surface area contributed by atoms with Gasteiger partial charge in [0.05, 0.1) is 5.71 Å². The van der Waals surface area contributed by atoms with Gasteiger partial charge in [-0.25, -0.2) is 4.57 Å². The Kier molecular flexibility index (Phi) is 17.8. The first-order chi connectivity index (χ1) is 12.8. The third-order valence-electron chi connectivity index (χ3n) is 5.23. The molecule has 0 amide bonds. The van der Waals surface area contributed by atoms with E-state index in [9.17, 15) is 0 Å². The highest BCUT2D eigenvalue weighted by Crippen LogP contribution is 2.12. The molecule has 156 valence electrons. The second kappa shape index (κ2) is 18.5. The molecule has 4 heteroatoms. The van der Waals surface area contributed by atoms with E-state index in [1.54, 1.807) is 0 Å². The van der Waals surface area contributed by atoms with Crippen LogP contribution in [0.1, 0.15) is 109 Å². The minimum atomic E-state index is 0. The predicted octanol–water partition coefficient (Wildman–Crippen LogP) is 3.66. The van der Waals surface area contributed by atoms with E-state index in [4.69, 9.17) is 5.21 Å². The van der Waals surface area contributed by atoms with Gasteiger partial charge in [0.15, 0.2) is 12.4 Å². The fourth-order valence-electron chi connectivity index (χ4n) is 3.39. The van der Waals surface area contributed by atoms with Crippen molar-refractivity contribution < 1.29 is 26.8 Å². The first-order valence-corrected chi connectivity index (χ1v) is 11.0. The van der Waals surface area contributed by atoms with Gasteiger partial charge in [-0.05, 0) is 13.3 Å². The number of hydrogen-bond acceptors (Lipinski definition) is 2. The molecule has 27 heavy (non-hydrogen) atoms. The Hall–Kier alpha value is -0.900. The summed E-state index contributed by atoms with van der Waals surface area (Å²) in [6.07, 6.45) is 23.8. The smallest absolute Gasteiger partial charge is 0.169 e. The summed E-state index contributed by atoms with van der Waals surface area (Å²) in [4.78, 5) is 0. The van der Waals surface area contributed by atoms with Crippen LogP contribution in [0.3, 0.4) is 0 Å². The summed E-state index contributed by atoms with van der Waals surface area (Å²) in [5.41, 5.74) is 1.64. The Morgan fingerprint density at radius 3 is 1.59 bits per heavy atom. The lowest BCUT2D eigenvalue weighted by atomic mass is 10.0. The molecule has 1 heterocycles. The highest BCUT2D eigenvalue weighted by molar-refractivity contribution is 5.97. The first-order valence-electron chi connectivity index (χ1n) is 11.0. The number of unbranched alkanes of at least 4 members (excludes halogenated alkanes) is 13. The molecule has 0 saturated heterocycles. The van der Waals surface area contributed by atoms with Crippen molar-refractivity contribution in [3.63, 3.8) is 0 Å². The molecule has 1 N–H and O–H groups in total. The van der Waals surface area contributed by atoms with Gasteiger partial charge in [0.2, 0.25) is 0 Å². The molecule has 1 aromatic rings. The van der Waals surface area contributed by atoms with Crippen LogP contribution in [0.2, 0.25) is 0 Å². The van der Waals surface area contributed by atoms with Crippen molar-refractivity contribution in [3.05, 3.63) is 30.1 Å². The Morgan fingerprint density at radius 2 is 1.19 bits per heavy atom. The number of aromatic nitrogens is 1. The second-order valence-electron chi connectivity index (χ2n) is 7.61. The Morgan fingerprint density at radius 1 is 0.778 bits per heavy atom. The fourth-order valence-corrected chi connectivity index (χ4v) is 3.39. The molecule has 0 aliphatic rings. The maximum Gasteiger partial charge on any atom is 0.169 e. The molecule has 0 radical (unpaired) electrons. The van der Waals surface area contributed by atoms with Crippen LogP contribution < -0.4 is 21.5 Å². The van der Waals surface area contributed by atoms with Crippen molar-refractivity contribution in [1.82, 2.24) is 0 Å². The van der Waals surface area contributed by atoms with Crippen LogP contribution in [0, 0.1) is 0 Å². The van der Waals surface area contributed by atoms with E-state index in [0.29, 0.717) is 5.71 Å². The van der Waals surface area contributed by atoms with Gasteiger partial charge in [-0.15, -0.1) is 0 Å². The van der Waals surface area contributed by atoms with Crippen LogP contribution in [0.25, 0.3) is 0 Å². The number of aryl methyl sites for hydroxylation is 1. The predicted molar refractivity (Wildman–Crippen MR) is 111 cm³/mol. The molecule has 0 aliphatic carbocycles. The van der Waals surface area contributed by atoms with Gasteiger partial charge in [-0.1, -0.05) is 89.1 Å². The van der Waals surface area contributed by atoms with E-state index in [1.807, 2.05) is 19.1 Å². The summed E-state index contributed by atoms with van der Waals surface area (Å²) < 4.78 is 2.22. The molecule has 0 saturated carbocycles. The SMILES string of the molecule is CCCCCCCCCCCCCCCC[n+]1ccc(C(C)=NO)cc1.[Br-]. The van der Waals surface area contributed by atoms with E-state index in [0.717, 1.165) is 12.1 Å². The van der Waals surface area contributed by atoms with E-state index in [1.165, 1.54) is 89.9 Å². The maximum absolute atomic E-state index is 8.78. The van der Waals surface area contributed by atoms with E-state index < -0.39 is 0 Å². The first kappa shape index (κ1) is 26.1. The standard InChI is InChI=1S/C23H40N2O.BrH/c1-3-4-5-6-7-8-9-10-11-12-13-14-15-16-19-25-20-17-23(18-21-25)22(2)24-26;/h17-18,20-21H,3-16,19H2,1-2H3;1H. The average molecular weight is 441 g/mol. The number of rotatable bonds is 16. The molecule has 0 aromatic carbocycles. The topological polar surface area (TPSA) is 36.5 Å². The number of hydrogen-bond donors (Lipinski definition) is 1. The summed E-state index contributed by atoms with van der Waals surface area (Å²) in [7, 11) is 0. The van der Waals surface area contributed by atoms with Crippen LogP contribution in [-0.4, -0.2) is 10.9 Å². The van der Waals surface area contributed by atoms with E-state index in [2.05, 4.69) is 29.0 Å². The Bertz CT molecular complexity index is 474. The Labute approximate surface area is 178 Å². The van der Waals surface area contributed by atoms with Gasteiger partial charge in [-0.2, -0.15) is 0 Å². The van der Waals surface area contributed by atoms with Gasteiger partial charge < -0.3 is 22.2 Å². The number of oxime groups is 1. The summed E-state index contributed by atoms with van der Waals surface area (Å²) in [5, 5.41) is 12.0. The zero-order valence-corrected chi connectivity index (χ0v) is 19.2. The van der Waals surface area contributed by atoms with Crippen molar-refractivity contribution in [2.45, 2.75) is 110 Å². The van der Waals surface area contributed by atoms with Crippen molar-refractivity contribution >= 4 is 5.71 Å². The largest absolute Gasteiger partial charge is 1.00 e. The zero-order chi connectivity index (χ0) is 18.9. The molecule has 1 aromatic heterocycles. The summed E-state index contributed by atoms with van der Waals surface area (Å²) in [5.74, 6) is 0. The summed E-state index contributed by atoms with van der Waals surface area (Å²) in [6.45, 7) is 5.17. The maximum atomic E-state index is 8.78. The lowest BCUT2D eigenvalue weighted by Gasteiger charge is -2.03. The molecule has 0 fully saturated rings. The van der Waals surface area contributed by atoms with Gasteiger partial charge in [0, 0.05) is 24.1 Å². The lowest BCUT2D eigenvalue weighted by Crippen LogP contribution is -3.00. The quantitative estimate of drug-likeness (QED) is 0.137. The lowest BCUT2D eigenvalue weighted by molar-refractivity contribution is -0.697. The highest BCUT2D eigenvalue weighted by Gasteiger charge is 2.03. The van der Waals surface area contributed by atoms with Crippen LogP contribution >= 0.6 is 0 Å². The van der Waals surface area contributed by atoms with Gasteiger partial charge in [-0.3, -0.25) is 0 Å². The highest BCUT2D eigenvalue weighted by atomic mass is 79.9. The minimum absolute atomic E-state index is 0. The fraction of sp³-hybridized carbons (Fsp3) is 0.739. The van der Waals surface area contributed by atoms with Crippen LogP contribution in [0.4, 0.5) is 0 Å². The average Bonchev–Trinajstić information content (AvgIpc) is 2.68. The van der Waals surface area contributed by atoms with Crippen LogP contribution in [0.15, 0.2) is 29.7 Å². The second-order valence-corrected chi connectivity index (χ2v) is 7.61. The van der Waals surface area contributed by atoms with Crippen molar-refractivity contribution in [3.8, 4) is 0 Å². The van der Waals surface area contributed by atoms with Crippen LogP contribution in [-0.2, 0) is 6.54 Å². The molecule has 1 rings (SSSR count). The third-order valence-corrected chi connectivity index (χ3v) is 5.23. The monoisotopic (exact) mass is 440 g/mol. The van der Waals surface area contributed by atoms with Crippen molar-refractivity contribution in [1.29, 1.82) is 0 Å². The molecule has 3 nitrogen and oxygen atoms in total. The molecule has 0 bridgehead atoms. The summed E-state index contributed by atoms with van der Waals surface area (Å²) in [6, 6.07) is 4.03. The number of pyridine rings is 1. The molecule has 0 unspecified atom stereocenters. The minimum Gasteiger partial charge on any atom is -1.00 e. The zero-order valence-electron chi connectivity index (χ0n) is 17.6. The summed E-state index contributed by atoms with van der Waals surface area (Å²) >= 11 is 0. The molecular weight excluding hydrogens is 400 g/mol. The normalized spacial score (nSPS) is 11.4. The van der Waals surface area contributed by atoms with Crippen LogP contribution in [0.5, 0.6) is 0 Å². The van der Waals surface area contributed by atoms with Crippen molar-refractivity contribution in [2.24, 2.45) is 5.16 Å². The van der Waals surface area contributed by atoms with Gasteiger partial charge >= 0.3 is 0 Å². The van der Waals surface area contributed by atoms with E-state index in [-0.39, 0.29) is 17.0 Å². The number of halogens is 1. The molecular formula is C23H41BrN2O.